The van der Waals surface area contributed by atoms with Crippen LogP contribution in [0.2, 0.25) is 0 Å². The van der Waals surface area contributed by atoms with Crippen molar-refractivity contribution in [3.05, 3.63) is 5.82 Å². The number of anilines is 2. The predicted molar refractivity (Wildman–Crippen MR) is 108 cm³/mol. The molecule has 0 aliphatic heterocycles. The van der Waals surface area contributed by atoms with Gasteiger partial charge in [-0.3, -0.25) is 25.6 Å². The van der Waals surface area contributed by atoms with Crippen LogP contribution in [-0.4, -0.2) is 71.4 Å². The molecule has 0 saturated carbocycles. The van der Waals surface area contributed by atoms with Crippen molar-refractivity contribution in [3.63, 3.8) is 0 Å². The first-order valence-corrected chi connectivity index (χ1v) is 9.86. The van der Waals surface area contributed by atoms with Crippen molar-refractivity contribution in [3.8, 4) is 0 Å². The molecular formula is C18H33N7O4. The summed E-state index contributed by atoms with van der Waals surface area (Å²) in [6, 6.07) is 0. The molecule has 1 aromatic rings. The lowest BCUT2D eigenvalue weighted by Gasteiger charge is -2.20. The van der Waals surface area contributed by atoms with Gasteiger partial charge in [0, 0.05) is 27.1 Å². The highest BCUT2D eigenvalue weighted by molar-refractivity contribution is 5.80. The number of nitrogens with zero attached hydrogens (tertiary/aromatic N) is 5. The first-order chi connectivity index (χ1) is 13.9. The van der Waals surface area contributed by atoms with E-state index in [0.717, 1.165) is 19.3 Å². The third kappa shape index (κ3) is 9.01. The first-order valence-electron chi connectivity index (χ1n) is 9.86. The fourth-order valence-corrected chi connectivity index (χ4v) is 2.55. The summed E-state index contributed by atoms with van der Waals surface area (Å²) in [5, 5.41) is 9.96. The highest BCUT2D eigenvalue weighted by atomic mass is 16.5. The zero-order valence-electron chi connectivity index (χ0n) is 17.7. The Kier molecular flexibility index (Phi) is 11.5. The number of aryl methyl sites for hydroxylation is 1. The monoisotopic (exact) mass is 411 g/mol. The Hall–Kier alpha value is -2.53. The van der Waals surface area contributed by atoms with E-state index in [1.807, 2.05) is 18.9 Å². The predicted octanol–water partition coefficient (Wildman–Crippen LogP) is 1.00. The summed E-state index contributed by atoms with van der Waals surface area (Å²) in [6.45, 7) is 5.04. The molecule has 29 heavy (non-hydrogen) atoms. The van der Waals surface area contributed by atoms with Crippen LogP contribution in [0.3, 0.4) is 0 Å². The highest BCUT2D eigenvalue weighted by Crippen LogP contribution is 2.13. The minimum absolute atomic E-state index is 0.0802. The summed E-state index contributed by atoms with van der Waals surface area (Å²) in [6.07, 6.45) is 4.24. The molecule has 0 saturated heterocycles. The van der Waals surface area contributed by atoms with Gasteiger partial charge in [-0.1, -0.05) is 33.1 Å². The first kappa shape index (κ1) is 24.5. The van der Waals surface area contributed by atoms with Crippen molar-refractivity contribution in [2.45, 2.75) is 46.0 Å². The summed E-state index contributed by atoms with van der Waals surface area (Å²) in [5.41, 5.74) is 5.30. The van der Waals surface area contributed by atoms with Gasteiger partial charge in [-0.15, -0.1) is 0 Å². The van der Waals surface area contributed by atoms with Gasteiger partial charge in [0.05, 0.1) is 19.1 Å². The number of hydrazine groups is 1. The molecule has 1 rings (SSSR count). The third-order valence-electron chi connectivity index (χ3n) is 4.31. The average molecular weight is 412 g/mol. The van der Waals surface area contributed by atoms with E-state index in [9.17, 15) is 14.8 Å². The number of likely N-dealkylation sites (N-methyl/N-ethyl adjacent to an activating group) is 1. The van der Waals surface area contributed by atoms with E-state index in [-0.39, 0.29) is 24.8 Å². The summed E-state index contributed by atoms with van der Waals surface area (Å²) >= 11 is 0. The smallest absolute Gasteiger partial charge is 0.246 e. The minimum Gasteiger partial charge on any atom is -0.383 e. The molecular weight excluding hydrogens is 378 g/mol. The number of nitrogens with one attached hydrogen (secondary N) is 2. The molecule has 3 N–H and O–H groups in total. The van der Waals surface area contributed by atoms with Gasteiger partial charge in [0.15, 0.2) is 0 Å². The molecule has 0 aromatic carbocycles. The van der Waals surface area contributed by atoms with Gasteiger partial charge in [-0.05, 0) is 6.42 Å². The maximum absolute atomic E-state index is 12.6. The molecule has 0 aliphatic carbocycles. The Morgan fingerprint density at radius 3 is 2.66 bits per heavy atom. The maximum atomic E-state index is 12.6. The Bertz CT molecular complexity index is 632. The van der Waals surface area contributed by atoms with Gasteiger partial charge in [-0.25, -0.2) is 5.06 Å². The number of carbonyl (C=O) groups is 2. The standard InChI is InChI=1S/C18H33N7O4/c1-5-7-8-9-14(12-25(28)13-26)16(27)22-23-17-19-15(6-2)20-18(21-17)24(3)10-11-29-4/h13-14,28H,5-12H2,1-4H3,(H,22,27)(H,19,20,21,23). The number of methoxy groups -OCH3 is 1. The normalized spacial score (nSPS) is 11.6. The van der Waals surface area contributed by atoms with Crippen LogP contribution < -0.4 is 15.8 Å². The van der Waals surface area contributed by atoms with Crippen LogP contribution in [-0.2, 0) is 20.7 Å². The van der Waals surface area contributed by atoms with Crippen molar-refractivity contribution in [1.29, 1.82) is 0 Å². The Morgan fingerprint density at radius 2 is 2.03 bits per heavy atom. The minimum atomic E-state index is -0.555. The fraction of sp³-hybridized carbons (Fsp3) is 0.722. The molecule has 1 unspecified atom stereocenters. The average Bonchev–Trinajstić information content (AvgIpc) is 2.74. The quantitative estimate of drug-likeness (QED) is 0.167. The van der Waals surface area contributed by atoms with Crippen LogP contribution in [0.1, 0.15) is 45.4 Å². The second-order valence-electron chi connectivity index (χ2n) is 6.68. The van der Waals surface area contributed by atoms with Crippen LogP contribution in [0.4, 0.5) is 11.9 Å². The second-order valence-corrected chi connectivity index (χ2v) is 6.68. The van der Waals surface area contributed by atoms with E-state index in [1.165, 1.54) is 0 Å². The Labute approximate surface area is 171 Å². The molecule has 11 nitrogen and oxygen atoms in total. The largest absolute Gasteiger partial charge is 0.383 e. The summed E-state index contributed by atoms with van der Waals surface area (Å²) in [4.78, 5) is 38.1. The number of unbranched alkanes of at least 4 members (excludes halogenated alkanes) is 2. The lowest BCUT2D eigenvalue weighted by molar-refractivity contribution is -0.154. The van der Waals surface area contributed by atoms with Gasteiger partial charge in [0.25, 0.3) is 0 Å². The van der Waals surface area contributed by atoms with E-state index < -0.39 is 5.92 Å². The maximum Gasteiger partial charge on any atom is 0.246 e. The van der Waals surface area contributed by atoms with E-state index in [0.29, 0.717) is 42.8 Å². The van der Waals surface area contributed by atoms with Crippen molar-refractivity contribution in [2.24, 2.45) is 5.92 Å². The summed E-state index contributed by atoms with van der Waals surface area (Å²) < 4.78 is 5.07. The molecule has 0 spiro atoms. The number of rotatable bonds is 15. The molecule has 0 fully saturated rings. The molecule has 0 bridgehead atoms. The van der Waals surface area contributed by atoms with Crippen molar-refractivity contribution < 1.29 is 19.5 Å². The fourth-order valence-electron chi connectivity index (χ4n) is 2.55. The zero-order valence-corrected chi connectivity index (χ0v) is 17.7. The number of hydrogen-bond donors (Lipinski definition) is 3. The second kappa shape index (κ2) is 13.6. The Balaban J connectivity index is 2.80. The highest BCUT2D eigenvalue weighted by Gasteiger charge is 2.21. The van der Waals surface area contributed by atoms with Gasteiger partial charge in [-0.2, -0.15) is 15.0 Å². The van der Waals surface area contributed by atoms with Gasteiger partial charge < -0.3 is 9.64 Å². The van der Waals surface area contributed by atoms with Gasteiger partial charge in [0.2, 0.25) is 24.2 Å². The summed E-state index contributed by atoms with van der Waals surface area (Å²) in [7, 11) is 3.46. The van der Waals surface area contributed by atoms with Gasteiger partial charge >= 0.3 is 0 Å². The molecule has 1 aromatic heterocycles. The molecule has 1 heterocycles. The number of ether oxygens (including phenoxy) is 1. The molecule has 0 aliphatic rings. The van der Waals surface area contributed by atoms with E-state index >= 15 is 0 Å². The number of carbonyl (C=O) groups excluding carboxylic acids is 2. The number of aromatic nitrogens is 3. The van der Waals surface area contributed by atoms with Crippen molar-refractivity contribution in [2.75, 3.05) is 44.2 Å². The SMILES string of the molecule is CCCCCC(CN(O)C=O)C(=O)NNc1nc(CC)nc(N(C)CCOC)n1. The van der Waals surface area contributed by atoms with Crippen molar-refractivity contribution >= 4 is 24.2 Å². The molecule has 1 atom stereocenters. The van der Waals surface area contributed by atoms with Crippen molar-refractivity contribution in [1.82, 2.24) is 25.4 Å². The van der Waals surface area contributed by atoms with Crippen LogP contribution in [0, 0.1) is 5.92 Å². The topological polar surface area (TPSA) is 133 Å². The molecule has 164 valence electrons. The number of amides is 2. The van der Waals surface area contributed by atoms with E-state index in [2.05, 4.69) is 32.7 Å². The number of hydroxylamine groups is 2. The van der Waals surface area contributed by atoms with Gasteiger partial charge in [0.1, 0.15) is 5.82 Å². The lowest BCUT2D eigenvalue weighted by atomic mass is 10.0. The van der Waals surface area contributed by atoms with E-state index in [4.69, 9.17) is 4.74 Å². The number of hydrogen-bond acceptors (Lipinski definition) is 9. The van der Waals surface area contributed by atoms with Crippen LogP contribution in [0.5, 0.6) is 0 Å². The van der Waals surface area contributed by atoms with Crippen LogP contribution in [0.25, 0.3) is 0 Å². The lowest BCUT2D eigenvalue weighted by Crippen LogP contribution is -2.40. The van der Waals surface area contributed by atoms with Crippen LogP contribution in [0.15, 0.2) is 0 Å². The van der Waals surface area contributed by atoms with E-state index in [1.54, 1.807) is 7.11 Å². The molecule has 0 radical (unpaired) electrons. The zero-order chi connectivity index (χ0) is 21.6. The third-order valence-corrected chi connectivity index (χ3v) is 4.31. The molecule has 11 heteroatoms. The van der Waals surface area contributed by atoms with Crippen LogP contribution >= 0.6 is 0 Å². The Morgan fingerprint density at radius 1 is 1.28 bits per heavy atom. The molecule has 2 amide bonds. The summed E-state index contributed by atoms with van der Waals surface area (Å²) in [5.74, 6) is 0.356.